The van der Waals surface area contributed by atoms with Crippen LogP contribution in [0.2, 0.25) is 0 Å². The van der Waals surface area contributed by atoms with E-state index in [0.717, 1.165) is 49.5 Å². The van der Waals surface area contributed by atoms with Crippen molar-refractivity contribution in [2.24, 2.45) is 0 Å². The van der Waals surface area contributed by atoms with Crippen LogP contribution in [-0.4, -0.2) is 60.9 Å². The molecule has 0 bridgehead atoms. The molecule has 0 atom stereocenters. The van der Waals surface area contributed by atoms with Crippen molar-refractivity contribution in [3.63, 3.8) is 0 Å². The summed E-state index contributed by atoms with van der Waals surface area (Å²) in [6.07, 6.45) is 0. The maximum atomic E-state index is 12.6. The van der Waals surface area contributed by atoms with Crippen LogP contribution >= 0.6 is 0 Å². The van der Waals surface area contributed by atoms with Crippen LogP contribution in [0.5, 0.6) is 0 Å². The Morgan fingerprint density at radius 1 is 1.13 bits per heavy atom. The van der Waals surface area contributed by atoms with Gasteiger partial charge in [-0.2, -0.15) is 0 Å². The molecular weight excluding hydrogens is 290 g/mol. The van der Waals surface area contributed by atoms with E-state index in [1.165, 1.54) is 6.92 Å². The van der Waals surface area contributed by atoms with Gasteiger partial charge in [0.1, 0.15) is 6.54 Å². The van der Waals surface area contributed by atoms with Gasteiger partial charge in [-0.3, -0.25) is 9.59 Å². The van der Waals surface area contributed by atoms with E-state index < -0.39 is 0 Å². The van der Waals surface area contributed by atoms with Gasteiger partial charge in [0.25, 0.3) is 0 Å². The Morgan fingerprint density at radius 2 is 1.78 bits per heavy atom. The molecule has 0 aromatic heterocycles. The van der Waals surface area contributed by atoms with Crippen LogP contribution in [0.1, 0.15) is 25.0 Å². The number of hydrogen-bond donors (Lipinski definition) is 0. The number of rotatable bonds is 4. The number of piperazine rings is 1. The maximum Gasteiger partial charge on any atom is 0.242 e. The Kier molecular flexibility index (Phi) is 5.77. The molecule has 1 aliphatic rings. The normalized spacial score (nSPS) is 15.6. The standard InChI is InChI=1S/C18H27N3O2/c1-5-19-9-11-20(12-10-19)18(23)13-21(16(4)22)17-8-6-7-14(2)15(17)3/h6-8H,5,9-13H2,1-4H3. The predicted molar refractivity (Wildman–Crippen MR) is 92.6 cm³/mol. The second kappa shape index (κ2) is 7.59. The van der Waals surface area contributed by atoms with E-state index in [1.54, 1.807) is 4.90 Å². The maximum absolute atomic E-state index is 12.6. The van der Waals surface area contributed by atoms with Gasteiger partial charge in [0.05, 0.1) is 0 Å². The first-order valence-electron chi connectivity index (χ1n) is 8.28. The molecule has 1 aliphatic heterocycles. The molecule has 2 rings (SSSR count). The molecule has 2 amide bonds. The Balaban J connectivity index is 2.10. The smallest absolute Gasteiger partial charge is 0.242 e. The first kappa shape index (κ1) is 17.5. The fourth-order valence-corrected chi connectivity index (χ4v) is 2.94. The SMILES string of the molecule is CCN1CCN(C(=O)CN(C(C)=O)c2cccc(C)c2C)CC1. The van der Waals surface area contributed by atoms with Crippen LogP contribution < -0.4 is 4.90 Å². The molecule has 5 heteroatoms. The van der Waals surface area contributed by atoms with E-state index in [0.29, 0.717) is 0 Å². The number of carbonyl (C=O) groups excluding carboxylic acids is 2. The molecule has 126 valence electrons. The predicted octanol–water partition coefficient (Wildman–Crippen LogP) is 1.82. The number of amides is 2. The van der Waals surface area contributed by atoms with Gasteiger partial charge in [-0.1, -0.05) is 19.1 Å². The van der Waals surface area contributed by atoms with Crippen molar-refractivity contribution >= 4 is 17.5 Å². The minimum absolute atomic E-state index is 0.0249. The molecule has 0 saturated carbocycles. The van der Waals surface area contributed by atoms with Gasteiger partial charge in [-0.25, -0.2) is 0 Å². The van der Waals surface area contributed by atoms with Crippen molar-refractivity contribution in [1.82, 2.24) is 9.80 Å². The molecule has 23 heavy (non-hydrogen) atoms. The zero-order valence-corrected chi connectivity index (χ0v) is 14.6. The number of aryl methyl sites for hydroxylation is 1. The van der Waals surface area contributed by atoms with Gasteiger partial charge >= 0.3 is 0 Å². The van der Waals surface area contributed by atoms with Gasteiger partial charge in [0.2, 0.25) is 11.8 Å². The molecular formula is C18H27N3O2. The minimum Gasteiger partial charge on any atom is -0.339 e. The third-order valence-electron chi connectivity index (χ3n) is 4.71. The van der Waals surface area contributed by atoms with Crippen LogP contribution in [0.15, 0.2) is 18.2 Å². The summed E-state index contributed by atoms with van der Waals surface area (Å²) in [7, 11) is 0. The summed E-state index contributed by atoms with van der Waals surface area (Å²) in [5.41, 5.74) is 3.00. The van der Waals surface area contributed by atoms with Gasteiger partial charge in [-0.15, -0.1) is 0 Å². The Labute approximate surface area is 138 Å². The highest BCUT2D eigenvalue weighted by Gasteiger charge is 2.24. The summed E-state index contributed by atoms with van der Waals surface area (Å²) in [5.74, 6) is -0.0731. The third kappa shape index (κ3) is 4.10. The summed E-state index contributed by atoms with van der Waals surface area (Å²) in [6.45, 7) is 12.1. The summed E-state index contributed by atoms with van der Waals surface area (Å²) >= 11 is 0. The Morgan fingerprint density at radius 3 is 2.35 bits per heavy atom. The van der Waals surface area contributed by atoms with Gasteiger partial charge in [0, 0.05) is 38.8 Å². The highest BCUT2D eigenvalue weighted by atomic mass is 16.2. The molecule has 1 fully saturated rings. The molecule has 5 nitrogen and oxygen atoms in total. The van der Waals surface area contributed by atoms with E-state index in [1.807, 2.05) is 36.9 Å². The molecule has 1 saturated heterocycles. The largest absolute Gasteiger partial charge is 0.339 e. The third-order valence-corrected chi connectivity index (χ3v) is 4.71. The fraction of sp³-hybridized carbons (Fsp3) is 0.556. The lowest BCUT2D eigenvalue weighted by Crippen LogP contribution is -2.51. The van der Waals surface area contributed by atoms with Crippen LogP contribution in [0.4, 0.5) is 5.69 Å². The molecule has 0 unspecified atom stereocenters. The first-order valence-corrected chi connectivity index (χ1v) is 8.28. The van der Waals surface area contributed by atoms with Gasteiger partial charge in [-0.05, 0) is 37.6 Å². The fourth-order valence-electron chi connectivity index (χ4n) is 2.94. The van der Waals surface area contributed by atoms with E-state index in [-0.39, 0.29) is 18.4 Å². The van der Waals surface area contributed by atoms with E-state index >= 15 is 0 Å². The number of hydrogen-bond acceptors (Lipinski definition) is 3. The molecule has 0 N–H and O–H groups in total. The summed E-state index contributed by atoms with van der Waals surface area (Å²) in [6, 6.07) is 5.85. The lowest BCUT2D eigenvalue weighted by molar-refractivity contribution is -0.132. The van der Waals surface area contributed by atoms with E-state index in [9.17, 15) is 9.59 Å². The Bertz CT molecular complexity index is 578. The van der Waals surface area contributed by atoms with Crippen LogP contribution in [-0.2, 0) is 9.59 Å². The monoisotopic (exact) mass is 317 g/mol. The van der Waals surface area contributed by atoms with Crippen LogP contribution in [0.25, 0.3) is 0 Å². The lowest BCUT2D eigenvalue weighted by atomic mass is 10.1. The van der Waals surface area contributed by atoms with Crippen molar-refractivity contribution in [2.45, 2.75) is 27.7 Å². The quantitative estimate of drug-likeness (QED) is 0.851. The van der Waals surface area contributed by atoms with Crippen molar-refractivity contribution in [3.8, 4) is 0 Å². The van der Waals surface area contributed by atoms with Crippen LogP contribution in [0, 0.1) is 13.8 Å². The molecule has 0 spiro atoms. The number of nitrogens with zero attached hydrogens (tertiary/aromatic N) is 3. The Hall–Kier alpha value is -1.88. The summed E-state index contributed by atoms with van der Waals surface area (Å²) < 4.78 is 0. The topological polar surface area (TPSA) is 43.9 Å². The average Bonchev–Trinajstić information content (AvgIpc) is 2.55. The van der Waals surface area contributed by atoms with E-state index in [2.05, 4.69) is 11.8 Å². The van der Waals surface area contributed by atoms with Gasteiger partial charge < -0.3 is 14.7 Å². The molecule has 1 heterocycles. The second-order valence-corrected chi connectivity index (χ2v) is 6.14. The van der Waals surface area contributed by atoms with Crippen molar-refractivity contribution in [1.29, 1.82) is 0 Å². The van der Waals surface area contributed by atoms with Crippen molar-refractivity contribution < 1.29 is 9.59 Å². The summed E-state index contributed by atoms with van der Waals surface area (Å²) in [4.78, 5) is 30.5. The van der Waals surface area contributed by atoms with Crippen LogP contribution in [0.3, 0.4) is 0 Å². The summed E-state index contributed by atoms with van der Waals surface area (Å²) in [5, 5.41) is 0. The molecule has 1 aromatic carbocycles. The number of likely N-dealkylation sites (N-methyl/N-ethyl adjacent to an activating group) is 1. The second-order valence-electron chi connectivity index (χ2n) is 6.14. The first-order chi connectivity index (χ1) is 10.9. The highest BCUT2D eigenvalue weighted by molar-refractivity contribution is 5.98. The zero-order valence-electron chi connectivity index (χ0n) is 14.6. The lowest BCUT2D eigenvalue weighted by Gasteiger charge is -2.35. The van der Waals surface area contributed by atoms with Crippen molar-refractivity contribution in [2.75, 3.05) is 44.2 Å². The number of benzene rings is 1. The average molecular weight is 317 g/mol. The number of anilines is 1. The molecule has 0 radical (unpaired) electrons. The number of carbonyl (C=O) groups is 2. The molecule has 0 aliphatic carbocycles. The van der Waals surface area contributed by atoms with Crippen molar-refractivity contribution in [3.05, 3.63) is 29.3 Å². The van der Waals surface area contributed by atoms with E-state index in [4.69, 9.17) is 0 Å². The molecule has 1 aromatic rings. The highest BCUT2D eigenvalue weighted by Crippen LogP contribution is 2.23. The van der Waals surface area contributed by atoms with Gasteiger partial charge in [0.15, 0.2) is 0 Å². The minimum atomic E-state index is -0.0979. The zero-order chi connectivity index (χ0) is 17.0.